The van der Waals surface area contributed by atoms with Gasteiger partial charge in [-0.15, -0.1) is 0 Å². The van der Waals surface area contributed by atoms with Crippen molar-refractivity contribution in [2.24, 2.45) is 11.5 Å². The Labute approximate surface area is 159 Å². The summed E-state index contributed by atoms with van der Waals surface area (Å²) in [6.07, 6.45) is 17.8. The Morgan fingerprint density at radius 1 is 0.560 bits per heavy atom. The topological polar surface area (TPSA) is 64.1 Å². The second-order valence-corrected chi connectivity index (χ2v) is 7.93. The zero-order chi connectivity index (χ0) is 18.9. The fourth-order valence-corrected chi connectivity index (χ4v) is 3.62. The van der Waals surface area contributed by atoms with Crippen molar-refractivity contribution in [1.29, 1.82) is 0 Å². The summed E-state index contributed by atoms with van der Waals surface area (Å²) in [6, 6.07) is 1.34. The van der Waals surface area contributed by atoms with E-state index in [0.717, 1.165) is 12.8 Å². The van der Waals surface area contributed by atoms with Crippen LogP contribution < -0.4 is 16.8 Å². The first-order chi connectivity index (χ1) is 12.1. The quantitative estimate of drug-likeness (QED) is 0.284. The van der Waals surface area contributed by atoms with Gasteiger partial charge in [0.2, 0.25) is 0 Å². The average molecular weight is 356 g/mol. The van der Waals surface area contributed by atoms with Crippen molar-refractivity contribution in [3.05, 3.63) is 0 Å². The van der Waals surface area contributed by atoms with Crippen LogP contribution in [0.5, 0.6) is 0 Å². The summed E-state index contributed by atoms with van der Waals surface area (Å²) in [4.78, 5) is 0. The number of hydrogen-bond donors (Lipinski definition) is 3. The lowest BCUT2D eigenvalue weighted by Gasteiger charge is -2.32. The summed E-state index contributed by atoms with van der Waals surface area (Å²) in [6.45, 7) is 8.95. The van der Waals surface area contributed by atoms with E-state index in [1.165, 1.54) is 77.0 Å². The van der Waals surface area contributed by atoms with E-state index in [0.29, 0.717) is 12.1 Å². The number of nitrogens with one attached hydrogen (secondary N) is 1. The minimum absolute atomic E-state index is 0.248. The van der Waals surface area contributed by atoms with E-state index in [2.05, 4.69) is 33.0 Å². The number of nitrogens with two attached hydrogens (primary N) is 2. The molecule has 4 atom stereocenters. The van der Waals surface area contributed by atoms with Gasteiger partial charge in [-0.1, -0.05) is 91.9 Å². The normalized spacial score (nSPS) is 16.6. The summed E-state index contributed by atoms with van der Waals surface area (Å²) < 4.78 is 0. The second-order valence-electron chi connectivity index (χ2n) is 7.93. The van der Waals surface area contributed by atoms with Crippen molar-refractivity contribution in [2.45, 2.75) is 142 Å². The number of rotatable bonds is 18. The first-order valence-corrected chi connectivity index (χ1v) is 11.4. The van der Waals surface area contributed by atoms with Crippen molar-refractivity contribution >= 4 is 0 Å². The Morgan fingerprint density at radius 3 is 1.24 bits per heavy atom. The highest BCUT2D eigenvalue weighted by Gasteiger charge is 2.23. The molecule has 0 saturated carbocycles. The molecule has 0 aromatic carbocycles. The molecule has 0 bridgehead atoms. The van der Waals surface area contributed by atoms with E-state index < -0.39 is 0 Å². The molecule has 3 nitrogen and oxygen atoms in total. The van der Waals surface area contributed by atoms with E-state index in [1.54, 1.807) is 0 Å². The third-order valence-corrected chi connectivity index (χ3v) is 5.64. The van der Waals surface area contributed by atoms with Crippen molar-refractivity contribution in [1.82, 2.24) is 5.32 Å². The van der Waals surface area contributed by atoms with Crippen molar-refractivity contribution in [2.75, 3.05) is 0 Å². The molecule has 25 heavy (non-hydrogen) atoms. The molecule has 5 N–H and O–H groups in total. The molecule has 0 heterocycles. The van der Waals surface area contributed by atoms with Crippen LogP contribution in [0.4, 0.5) is 0 Å². The van der Waals surface area contributed by atoms with Gasteiger partial charge in [0.15, 0.2) is 0 Å². The van der Waals surface area contributed by atoms with Gasteiger partial charge in [0.25, 0.3) is 0 Å². The molecule has 0 radical (unpaired) electrons. The summed E-state index contributed by atoms with van der Waals surface area (Å²) in [5.74, 6) is 0. The Kier molecular flexibility index (Phi) is 17.2. The van der Waals surface area contributed by atoms with Crippen LogP contribution in [0, 0.1) is 0 Å². The Morgan fingerprint density at radius 2 is 0.920 bits per heavy atom. The van der Waals surface area contributed by atoms with Gasteiger partial charge in [0.05, 0.1) is 0 Å². The monoisotopic (exact) mass is 355 g/mol. The smallest absolute Gasteiger partial charge is 0.0222 e. The summed E-state index contributed by atoms with van der Waals surface area (Å²) in [7, 11) is 0. The van der Waals surface area contributed by atoms with Crippen molar-refractivity contribution < 1.29 is 0 Å². The van der Waals surface area contributed by atoms with Crippen LogP contribution in [0.15, 0.2) is 0 Å². The first-order valence-electron chi connectivity index (χ1n) is 11.4. The van der Waals surface area contributed by atoms with E-state index >= 15 is 0 Å². The maximum Gasteiger partial charge on any atom is 0.0222 e. The molecule has 0 fully saturated rings. The van der Waals surface area contributed by atoms with Crippen LogP contribution in [-0.4, -0.2) is 24.2 Å². The number of hydrogen-bond acceptors (Lipinski definition) is 3. The van der Waals surface area contributed by atoms with Gasteiger partial charge in [0.1, 0.15) is 0 Å². The van der Waals surface area contributed by atoms with Crippen LogP contribution in [0.1, 0.15) is 118 Å². The number of unbranched alkanes of at least 4 members (excludes halogenated alkanes) is 8. The molecule has 3 heteroatoms. The summed E-state index contributed by atoms with van der Waals surface area (Å²) >= 11 is 0. The maximum absolute atomic E-state index is 6.44. The lowest BCUT2D eigenvalue weighted by molar-refractivity contribution is 0.296. The van der Waals surface area contributed by atoms with Crippen LogP contribution in [0.2, 0.25) is 0 Å². The molecule has 0 aromatic heterocycles. The largest absolute Gasteiger partial charge is 0.326 e. The van der Waals surface area contributed by atoms with Crippen LogP contribution in [0.25, 0.3) is 0 Å². The molecule has 0 saturated heterocycles. The van der Waals surface area contributed by atoms with Gasteiger partial charge in [-0.05, 0) is 25.7 Å². The molecule has 0 amide bonds. The predicted octanol–water partition coefficient (Wildman–Crippen LogP) is 5.51. The van der Waals surface area contributed by atoms with Gasteiger partial charge in [-0.3, -0.25) is 0 Å². The van der Waals surface area contributed by atoms with Crippen molar-refractivity contribution in [3.8, 4) is 0 Å². The Balaban J connectivity index is 4.44. The predicted molar refractivity (Wildman–Crippen MR) is 114 cm³/mol. The molecule has 0 aliphatic carbocycles. The van der Waals surface area contributed by atoms with Gasteiger partial charge in [-0.25, -0.2) is 0 Å². The maximum atomic E-state index is 6.44. The third-order valence-electron chi connectivity index (χ3n) is 5.64. The molecule has 0 aliphatic heterocycles. The fraction of sp³-hybridized carbons (Fsp3) is 1.00. The van der Waals surface area contributed by atoms with Gasteiger partial charge >= 0.3 is 0 Å². The molecule has 0 aromatic rings. The van der Waals surface area contributed by atoms with E-state index in [1.807, 2.05) is 0 Å². The highest BCUT2D eigenvalue weighted by atomic mass is 15.0. The molecule has 152 valence electrons. The molecule has 0 aliphatic rings. The zero-order valence-electron chi connectivity index (χ0n) is 17.9. The summed E-state index contributed by atoms with van der Waals surface area (Å²) in [5.41, 5.74) is 12.9. The zero-order valence-corrected chi connectivity index (χ0v) is 17.9. The third kappa shape index (κ3) is 12.8. The SMILES string of the molecule is CCCCCCCC(NC(CCCCCCC)C(N)CC)C(N)CC. The highest BCUT2D eigenvalue weighted by molar-refractivity contribution is 4.87. The first kappa shape index (κ1) is 24.9. The minimum Gasteiger partial charge on any atom is -0.326 e. The van der Waals surface area contributed by atoms with Crippen LogP contribution >= 0.6 is 0 Å². The second kappa shape index (κ2) is 17.3. The summed E-state index contributed by atoms with van der Waals surface area (Å²) in [5, 5.41) is 3.89. The van der Waals surface area contributed by atoms with E-state index in [-0.39, 0.29) is 12.1 Å². The van der Waals surface area contributed by atoms with Gasteiger partial charge in [0, 0.05) is 24.2 Å². The molecular weight excluding hydrogens is 306 g/mol. The van der Waals surface area contributed by atoms with Gasteiger partial charge in [-0.2, -0.15) is 0 Å². The standard InChI is InChI=1S/C22H49N3/c1-5-9-11-13-15-17-21(19(23)7-3)25-22(20(24)8-4)18-16-14-12-10-6-2/h19-22,25H,5-18,23-24H2,1-4H3. The van der Waals surface area contributed by atoms with E-state index in [9.17, 15) is 0 Å². The van der Waals surface area contributed by atoms with Crippen LogP contribution in [-0.2, 0) is 0 Å². The van der Waals surface area contributed by atoms with Gasteiger partial charge < -0.3 is 16.8 Å². The highest BCUT2D eigenvalue weighted by Crippen LogP contribution is 2.15. The molecule has 0 rings (SSSR count). The molecule has 4 unspecified atom stereocenters. The average Bonchev–Trinajstić information content (AvgIpc) is 2.63. The Hall–Kier alpha value is -0.120. The Bertz CT molecular complexity index is 244. The van der Waals surface area contributed by atoms with Crippen LogP contribution in [0.3, 0.4) is 0 Å². The molecular formula is C22H49N3. The minimum atomic E-state index is 0.248. The lowest BCUT2D eigenvalue weighted by Crippen LogP contribution is -2.54. The lowest BCUT2D eigenvalue weighted by atomic mass is 9.94. The fourth-order valence-electron chi connectivity index (χ4n) is 3.62. The van der Waals surface area contributed by atoms with Crippen molar-refractivity contribution in [3.63, 3.8) is 0 Å². The molecule has 0 spiro atoms. The van der Waals surface area contributed by atoms with E-state index in [4.69, 9.17) is 11.5 Å².